The molecule has 3 nitrogen and oxygen atoms in total. The van der Waals surface area contributed by atoms with Gasteiger partial charge in [-0.15, -0.1) is 0 Å². The van der Waals surface area contributed by atoms with E-state index < -0.39 is 0 Å². The van der Waals surface area contributed by atoms with Gasteiger partial charge in [0.05, 0.1) is 0 Å². The molecule has 1 heterocycles. The highest BCUT2D eigenvalue weighted by Crippen LogP contribution is 2.09. The molecular formula is C15H20N2O. The predicted molar refractivity (Wildman–Crippen MR) is 73.4 cm³/mol. The molecule has 0 atom stereocenters. The Morgan fingerprint density at radius 2 is 1.78 bits per heavy atom. The number of aromatic hydroxyl groups is 1. The van der Waals surface area contributed by atoms with Crippen LogP contribution >= 0.6 is 0 Å². The number of phenols is 1. The van der Waals surface area contributed by atoms with Crippen molar-refractivity contribution < 1.29 is 5.11 Å². The SMILES string of the molecule is CCCn1ccc(CNCc2ccc(O)cc2)c1. The van der Waals surface area contributed by atoms with Gasteiger partial charge in [-0.05, 0) is 35.7 Å². The topological polar surface area (TPSA) is 37.2 Å². The molecule has 1 aromatic heterocycles. The molecule has 0 aliphatic rings. The Morgan fingerprint density at radius 1 is 1.06 bits per heavy atom. The smallest absolute Gasteiger partial charge is 0.115 e. The molecule has 18 heavy (non-hydrogen) atoms. The summed E-state index contributed by atoms with van der Waals surface area (Å²) in [5.41, 5.74) is 2.49. The van der Waals surface area contributed by atoms with E-state index in [1.54, 1.807) is 12.1 Å². The summed E-state index contributed by atoms with van der Waals surface area (Å²) in [6, 6.07) is 9.46. The van der Waals surface area contributed by atoms with Gasteiger partial charge < -0.3 is 15.0 Å². The molecule has 0 saturated heterocycles. The van der Waals surface area contributed by atoms with Gasteiger partial charge in [-0.25, -0.2) is 0 Å². The molecule has 96 valence electrons. The van der Waals surface area contributed by atoms with E-state index in [9.17, 15) is 5.11 Å². The number of aryl methyl sites for hydroxylation is 1. The first-order valence-electron chi connectivity index (χ1n) is 6.41. The van der Waals surface area contributed by atoms with Crippen molar-refractivity contribution in [1.29, 1.82) is 0 Å². The van der Waals surface area contributed by atoms with Crippen molar-refractivity contribution in [3.63, 3.8) is 0 Å². The van der Waals surface area contributed by atoms with E-state index in [4.69, 9.17) is 0 Å². The number of nitrogens with one attached hydrogen (secondary N) is 1. The highest BCUT2D eigenvalue weighted by molar-refractivity contribution is 5.25. The molecule has 2 rings (SSSR count). The van der Waals surface area contributed by atoms with Crippen LogP contribution in [0, 0.1) is 0 Å². The molecular weight excluding hydrogens is 224 g/mol. The maximum absolute atomic E-state index is 9.19. The Morgan fingerprint density at radius 3 is 2.50 bits per heavy atom. The lowest BCUT2D eigenvalue weighted by molar-refractivity contribution is 0.475. The van der Waals surface area contributed by atoms with Crippen LogP contribution in [0.5, 0.6) is 5.75 Å². The van der Waals surface area contributed by atoms with E-state index in [0.717, 1.165) is 26.1 Å². The molecule has 0 aliphatic heterocycles. The zero-order valence-corrected chi connectivity index (χ0v) is 10.8. The first-order valence-corrected chi connectivity index (χ1v) is 6.41. The number of benzene rings is 1. The average molecular weight is 244 g/mol. The normalized spacial score (nSPS) is 10.7. The summed E-state index contributed by atoms with van der Waals surface area (Å²) in [5.74, 6) is 0.315. The minimum atomic E-state index is 0.315. The number of aromatic nitrogens is 1. The molecule has 0 bridgehead atoms. The molecule has 2 N–H and O–H groups in total. The molecule has 0 saturated carbocycles. The number of nitrogens with zero attached hydrogens (tertiary/aromatic N) is 1. The van der Waals surface area contributed by atoms with Crippen LogP contribution in [0.3, 0.4) is 0 Å². The first kappa shape index (κ1) is 12.7. The van der Waals surface area contributed by atoms with Gasteiger partial charge in [0.2, 0.25) is 0 Å². The second-order valence-electron chi connectivity index (χ2n) is 4.53. The van der Waals surface area contributed by atoms with Gasteiger partial charge in [-0.3, -0.25) is 0 Å². The molecule has 0 amide bonds. The van der Waals surface area contributed by atoms with Crippen molar-refractivity contribution in [3.05, 3.63) is 53.9 Å². The maximum Gasteiger partial charge on any atom is 0.115 e. The van der Waals surface area contributed by atoms with E-state index in [2.05, 4.69) is 35.3 Å². The van der Waals surface area contributed by atoms with Crippen LogP contribution in [0.15, 0.2) is 42.7 Å². The van der Waals surface area contributed by atoms with Crippen molar-refractivity contribution in [2.24, 2.45) is 0 Å². The van der Waals surface area contributed by atoms with Gasteiger partial charge in [-0.1, -0.05) is 19.1 Å². The van der Waals surface area contributed by atoms with Gasteiger partial charge in [0, 0.05) is 32.0 Å². The Labute approximate surface area is 108 Å². The summed E-state index contributed by atoms with van der Waals surface area (Å²) in [6.07, 6.45) is 5.48. The minimum absolute atomic E-state index is 0.315. The van der Waals surface area contributed by atoms with Gasteiger partial charge in [0.1, 0.15) is 5.75 Å². The lowest BCUT2D eigenvalue weighted by Crippen LogP contribution is -2.12. The minimum Gasteiger partial charge on any atom is -0.508 e. The number of rotatable bonds is 6. The summed E-state index contributed by atoms with van der Waals surface area (Å²) in [4.78, 5) is 0. The highest BCUT2D eigenvalue weighted by Gasteiger charge is 1.97. The highest BCUT2D eigenvalue weighted by atomic mass is 16.3. The monoisotopic (exact) mass is 244 g/mol. The van der Waals surface area contributed by atoms with Crippen LogP contribution in [0.25, 0.3) is 0 Å². The maximum atomic E-state index is 9.19. The fourth-order valence-corrected chi connectivity index (χ4v) is 1.96. The van der Waals surface area contributed by atoms with E-state index in [1.807, 2.05) is 12.1 Å². The van der Waals surface area contributed by atoms with E-state index in [1.165, 1.54) is 11.1 Å². The number of hydrogen-bond acceptors (Lipinski definition) is 2. The Balaban J connectivity index is 1.79. The third kappa shape index (κ3) is 3.64. The Hall–Kier alpha value is -1.74. The lowest BCUT2D eigenvalue weighted by Gasteiger charge is -2.04. The quantitative estimate of drug-likeness (QED) is 0.820. The van der Waals surface area contributed by atoms with Crippen LogP contribution < -0.4 is 5.32 Å². The van der Waals surface area contributed by atoms with Gasteiger partial charge in [0.15, 0.2) is 0 Å². The van der Waals surface area contributed by atoms with Crippen molar-refractivity contribution in [2.75, 3.05) is 0 Å². The zero-order valence-electron chi connectivity index (χ0n) is 10.8. The summed E-state index contributed by atoms with van der Waals surface area (Å²) in [7, 11) is 0. The van der Waals surface area contributed by atoms with Gasteiger partial charge in [0.25, 0.3) is 0 Å². The predicted octanol–water partition coefficient (Wildman–Crippen LogP) is 2.89. The second-order valence-corrected chi connectivity index (χ2v) is 4.53. The molecule has 0 spiro atoms. The number of phenolic OH excluding ortho intramolecular Hbond substituents is 1. The lowest BCUT2D eigenvalue weighted by atomic mass is 10.2. The second kappa shape index (κ2) is 6.26. The van der Waals surface area contributed by atoms with Crippen LogP contribution in [-0.2, 0) is 19.6 Å². The molecule has 0 fully saturated rings. The van der Waals surface area contributed by atoms with Crippen molar-refractivity contribution in [1.82, 2.24) is 9.88 Å². The summed E-state index contributed by atoms with van der Waals surface area (Å²) in [6.45, 7) is 4.96. The van der Waals surface area contributed by atoms with Gasteiger partial charge >= 0.3 is 0 Å². The summed E-state index contributed by atoms with van der Waals surface area (Å²) >= 11 is 0. The van der Waals surface area contributed by atoms with E-state index in [0.29, 0.717) is 5.75 Å². The van der Waals surface area contributed by atoms with Crippen molar-refractivity contribution in [3.8, 4) is 5.75 Å². The van der Waals surface area contributed by atoms with Crippen LogP contribution in [0.4, 0.5) is 0 Å². The van der Waals surface area contributed by atoms with E-state index in [-0.39, 0.29) is 0 Å². The van der Waals surface area contributed by atoms with Crippen molar-refractivity contribution >= 4 is 0 Å². The average Bonchev–Trinajstić information content (AvgIpc) is 2.80. The summed E-state index contributed by atoms with van der Waals surface area (Å²) < 4.78 is 2.22. The van der Waals surface area contributed by atoms with E-state index >= 15 is 0 Å². The van der Waals surface area contributed by atoms with Crippen LogP contribution in [0.1, 0.15) is 24.5 Å². The Kier molecular flexibility index (Phi) is 4.42. The molecule has 0 unspecified atom stereocenters. The van der Waals surface area contributed by atoms with Gasteiger partial charge in [-0.2, -0.15) is 0 Å². The number of hydrogen-bond donors (Lipinski definition) is 2. The van der Waals surface area contributed by atoms with Crippen LogP contribution in [0.2, 0.25) is 0 Å². The fraction of sp³-hybridized carbons (Fsp3) is 0.333. The van der Waals surface area contributed by atoms with Crippen molar-refractivity contribution in [2.45, 2.75) is 33.0 Å². The molecule has 3 heteroatoms. The first-order chi connectivity index (χ1) is 8.78. The third-order valence-electron chi connectivity index (χ3n) is 2.89. The molecule has 2 aromatic rings. The fourth-order valence-electron chi connectivity index (χ4n) is 1.96. The third-order valence-corrected chi connectivity index (χ3v) is 2.89. The molecule has 0 aliphatic carbocycles. The largest absolute Gasteiger partial charge is 0.508 e. The molecule has 0 radical (unpaired) electrons. The Bertz CT molecular complexity index is 473. The zero-order chi connectivity index (χ0) is 12.8. The summed E-state index contributed by atoms with van der Waals surface area (Å²) in [5, 5.41) is 12.6. The van der Waals surface area contributed by atoms with Crippen LogP contribution in [-0.4, -0.2) is 9.67 Å². The standard InChI is InChI=1S/C15H20N2O/c1-2-8-17-9-7-14(12-17)11-16-10-13-3-5-15(18)6-4-13/h3-7,9,12,16,18H,2,8,10-11H2,1H3. The molecule has 1 aromatic carbocycles.